The van der Waals surface area contributed by atoms with Crippen molar-refractivity contribution in [2.75, 3.05) is 0 Å². The molecule has 58 valence electrons. The zero-order valence-corrected chi connectivity index (χ0v) is 6.79. The third-order valence-corrected chi connectivity index (χ3v) is 1.40. The topological polar surface area (TPSA) is 0 Å². The second kappa shape index (κ2) is 5.48. The van der Waals surface area contributed by atoms with Crippen LogP contribution in [0.5, 0.6) is 0 Å². The van der Waals surface area contributed by atoms with E-state index in [4.69, 9.17) is 0 Å². The summed E-state index contributed by atoms with van der Waals surface area (Å²) in [5.41, 5.74) is 1.01. The number of allylic oxidation sites excluding steroid dienone is 6. The Labute approximate surface area is 68.9 Å². The minimum Gasteiger partial charge on any atom is -0.102 e. The highest BCUT2D eigenvalue weighted by Gasteiger charge is 1.92. The van der Waals surface area contributed by atoms with Crippen LogP contribution in [-0.4, -0.2) is 0 Å². The third kappa shape index (κ3) is 3.41. The lowest BCUT2D eigenvalue weighted by atomic mass is 10.1. The molecule has 0 aromatic rings. The highest BCUT2D eigenvalue weighted by atomic mass is 14.0. The van der Waals surface area contributed by atoms with Gasteiger partial charge in [0, 0.05) is 5.92 Å². The molecule has 0 aromatic heterocycles. The molecule has 0 saturated carbocycles. The molecule has 0 radical (unpaired) electrons. The van der Waals surface area contributed by atoms with Crippen LogP contribution in [0.4, 0.5) is 0 Å². The van der Waals surface area contributed by atoms with Crippen molar-refractivity contribution in [3.63, 3.8) is 0 Å². The van der Waals surface area contributed by atoms with Crippen molar-refractivity contribution < 1.29 is 0 Å². The minimum absolute atomic E-state index is 0.209. The van der Waals surface area contributed by atoms with Gasteiger partial charge in [0.2, 0.25) is 0 Å². The van der Waals surface area contributed by atoms with Crippen LogP contribution in [0.15, 0.2) is 62.3 Å². The van der Waals surface area contributed by atoms with Crippen LogP contribution >= 0.6 is 0 Å². The molecule has 0 rings (SSSR count). The van der Waals surface area contributed by atoms with Gasteiger partial charge in [0.25, 0.3) is 0 Å². The van der Waals surface area contributed by atoms with E-state index in [1.807, 2.05) is 18.2 Å². The monoisotopic (exact) mass is 146 g/mol. The Bertz CT molecular complexity index is 176. The van der Waals surface area contributed by atoms with Gasteiger partial charge in [-0.05, 0) is 5.57 Å². The van der Waals surface area contributed by atoms with Crippen LogP contribution in [0.25, 0.3) is 0 Å². The van der Waals surface area contributed by atoms with Crippen LogP contribution in [0, 0.1) is 5.92 Å². The van der Waals surface area contributed by atoms with E-state index >= 15 is 0 Å². The van der Waals surface area contributed by atoms with Crippen molar-refractivity contribution in [3.8, 4) is 0 Å². The Balaban J connectivity index is 4.44. The molecule has 0 aliphatic heterocycles. The first-order valence-electron chi connectivity index (χ1n) is 3.50. The third-order valence-electron chi connectivity index (χ3n) is 1.40. The molecule has 0 unspecified atom stereocenters. The predicted octanol–water partition coefficient (Wildman–Crippen LogP) is 3.27. The van der Waals surface area contributed by atoms with Crippen molar-refractivity contribution in [2.24, 2.45) is 5.92 Å². The average Bonchev–Trinajstić information content (AvgIpc) is 2.07. The van der Waals surface area contributed by atoms with E-state index < -0.39 is 0 Å². The van der Waals surface area contributed by atoms with Crippen molar-refractivity contribution in [1.29, 1.82) is 0 Å². The Kier molecular flexibility index (Phi) is 4.83. The quantitative estimate of drug-likeness (QED) is 0.412. The first kappa shape index (κ1) is 9.70. The summed E-state index contributed by atoms with van der Waals surface area (Å²) in [4.78, 5) is 0. The zero-order chi connectivity index (χ0) is 8.69. The molecule has 11 heavy (non-hydrogen) atoms. The molecule has 0 fully saturated rings. The second-order valence-electron chi connectivity index (χ2n) is 2.12. The molecule has 0 aliphatic carbocycles. The number of hydrogen-bond acceptors (Lipinski definition) is 0. The van der Waals surface area contributed by atoms with Gasteiger partial charge in [-0.1, -0.05) is 43.5 Å². The summed E-state index contributed by atoms with van der Waals surface area (Å²) in [6.45, 7) is 14.6. The van der Waals surface area contributed by atoms with Gasteiger partial charge in [0.15, 0.2) is 0 Å². The molecule has 0 aromatic carbocycles. The maximum absolute atomic E-state index is 3.67. The molecular formula is C11H14. The summed E-state index contributed by atoms with van der Waals surface area (Å²) in [6.07, 6.45) is 9.15. The lowest BCUT2D eigenvalue weighted by molar-refractivity contribution is 1.07. The van der Waals surface area contributed by atoms with Gasteiger partial charge in [0.05, 0.1) is 0 Å². The highest BCUT2D eigenvalue weighted by molar-refractivity contribution is 5.30. The van der Waals surface area contributed by atoms with Crippen LogP contribution in [0.3, 0.4) is 0 Å². The Morgan fingerprint density at radius 2 is 1.36 bits per heavy atom. The number of rotatable bonds is 5. The highest BCUT2D eigenvalue weighted by Crippen LogP contribution is 2.07. The summed E-state index contributed by atoms with van der Waals surface area (Å²) < 4.78 is 0. The van der Waals surface area contributed by atoms with Gasteiger partial charge in [-0.15, -0.1) is 13.2 Å². The summed E-state index contributed by atoms with van der Waals surface area (Å²) in [5.74, 6) is 0.209. The van der Waals surface area contributed by atoms with E-state index in [9.17, 15) is 0 Å². The Hall–Kier alpha value is -1.30. The van der Waals surface area contributed by atoms with E-state index in [-0.39, 0.29) is 5.92 Å². The maximum Gasteiger partial charge on any atom is 0.0131 e. The first-order valence-corrected chi connectivity index (χ1v) is 3.50. The molecule has 0 bridgehead atoms. The van der Waals surface area contributed by atoms with Crippen molar-refractivity contribution in [2.45, 2.75) is 0 Å². The summed E-state index contributed by atoms with van der Waals surface area (Å²) in [7, 11) is 0. The summed E-state index contributed by atoms with van der Waals surface area (Å²) in [5, 5.41) is 0. The van der Waals surface area contributed by atoms with Crippen molar-refractivity contribution >= 4 is 0 Å². The van der Waals surface area contributed by atoms with Crippen LogP contribution in [0.2, 0.25) is 0 Å². The lowest BCUT2D eigenvalue weighted by Crippen LogP contribution is -1.85. The molecule has 0 N–H and O–H groups in total. The first-order chi connectivity index (χ1) is 5.28. The molecule has 0 amide bonds. The Morgan fingerprint density at radius 1 is 0.909 bits per heavy atom. The fraction of sp³-hybridized carbons (Fsp3) is 0.0909. The van der Waals surface area contributed by atoms with E-state index in [1.54, 1.807) is 12.2 Å². The smallest absolute Gasteiger partial charge is 0.0131 e. The van der Waals surface area contributed by atoms with Gasteiger partial charge in [0.1, 0.15) is 0 Å². The Morgan fingerprint density at radius 3 is 1.64 bits per heavy atom. The molecule has 0 nitrogen and oxygen atoms in total. The maximum atomic E-state index is 3.67. The molecule has 0 spiro atoms. The standard InChI is InChI=1S/C11H14/c1-5-10(6-2)9-11(7-3)8-4/h5-10H,1-4H2. The van der Waals surface area contributed by atoms with E-state index in [0.29, 0.717) is 0 Å². The van der Waals surface area contributed by atoms with Gasteiger partial charge in [-0.25, -0.2) is 0 Å². The van der Waals surface area contributed by atoms with Crippen molar-refractivity contribution in [3.05, 3.63) is 62.3 Å². The second-order valence-corrected chi connectivity index (χ2v) is 2.12. The lowest BCUT2D eigenvalue weighted by Gasteiger charge is -1.99. The SMILES string of the molecule is C=CC(C=C)=CC(C=C)C=C. The van der Waals surface area contributed by atoms with Gasteiger partial charge in [-0.2, -0.15) is 0 Å². The van der Waals surface area contributed by atoms with Gasteiger partial charge < -0.3 is 0 Å². The van der Waals surface area contributed by atoms with E-state index in [2.05, 4.69) is 26.3 Å². The van der Waals surface area contributed by atoms with Crippen molar-refractivity contribution in [1.82, 2.24) is 0 Å². The average molecular weight is 146 g/mol. The molecule has 0 atom stereocenters. The van der Waals surface area contributed by atoms with E-state index in [1.165, 1.54) is 0 Å². The molecule has 0 heteroatoms. The van der Waals surface area contributed by atoms with Crippen LogP contribution < -0.4 is 0 Å². The van der Waals surface area contributed by atoms with E-state index in [0.717, 1.165) is 5.57 Å². The van der Waals surface area contributed by atoms with Crippen LogP contribution in [-0.2, 0) is 0 Å². The normalized spacial score (nSPS) is 8.45. The van der Waals surface area contributed by atoms with Gasteiger partial charge in [-0.3, -0.25) is 0 Å². The summed E-state index contributed by atoms with van der Waals surface area (Å²) >= 11 is 0. The van der Waals surface area contributed by atoms with Gasteiger partial charge >= 0.3 is 0 Å². The molecule has 0 aliphatic rings. The van der Waals surface area contributed by atoms with Crippen LogP contribution in [0.1, 0.15) is 0 Å². The predicted molar refractivity (Wildman–Crippen MR) is 52.4 cm³/mol. The number of hydrogen-bond donors (Lipinski definition) is 0. The minimum atomic E-state index is 0.209. The molecule has 0 heterocycles. The summed E-state index contributed by atoms with van der Waals surface area (Å²) in [6, 6.07) is 0. The fourth-order valence-electron chi connectivity index (χ4n) is 0.674. The molecular weight excluding hydrogens is 132 g/mol. The largest absolute Gasteiger partial charge is 0.102 e. The fourth-order valence-corrected chi connectivity index (χ4v) is 0.674. The zero-order valence-electron chi connectivity index (χ0n) is 6.79. The molecule has 0 saturated heterocycles.